The molecule has 0 aromatic carbocycles. The Hall–Kier alpha value is -2.47. The van der Waals surface area contributed by atoms with Crippen LogP contribution in [0.25, 0.3) is 0 Å². The molecule has 2 aromatic heterocycles. The van der Waals surface area contributed by atoms with Crippen molar-refractivity contribution in [3.63, 3.8) is 0 Å². The van der Waals surface area contributed by atoms with Crippen molar-refractivity contribution in [3.05, 3.63) is 54.1 Å². The standard InChI is InChI=1S/C17H20N4O2/c22-17(20-6-3-14-2-1-5-18-13-14)16-12-15(4-7-19-16)21-8-10-23-11-9-21/h1-2,4-5,7,12-13H,3,6,8-11H2,(H,20,22). The molecule has 0 bridgehead atoms. The minimum Gasteiger partial charge on any atom is -0.378 e. The first kappa shape index (κ1) is 15.4. The molecule has 1 aliphatic heterocycles. The Kier molecular flexibility index (Phi) is 5.16. The van der Waals surface area contributed by atoms with Crippen LogP contribution in [0.1, 0.15) is 16.1 Å². The molecule has 0 saturated carbocycles. The highest BCUT2D eigenvalue weighted by Gasteiger charge is 2.14. The number of hydrogen-bond donors (Lipinski definition) is 1. The molecule has 6 nitrogen and oxygen atoms in total. The summed E-state index contributed by atoms with van der Waals surface area (Å²) < 4.78 is 5.35. The lowest BCUT2D eigenvalue weighted by Gasteiger charge is -2.28. The largest absolute Gasteiger partial charge is 0.378 e. The van der Waals surface area contributed by atoms with Crippen LogP contribution >= 0.6 is 0 Å². The lowest BCUT2D eigenvalue weighted by molar-refractivity contribution is 0.0949. The molecule has 0 atom stereocenters. The van der Waals surface area contributed by atoms with Crippen molar-refractivity contribution < 1.29 is 9.53 Å². The van der Waals surface area contributed by atoms with Gasteiger partial charge in [0.25, 0.3) is 5.91 Å². The summed E-state index contributed by atoms with van der Waals surface area (Å²) in [6.45, 7) is 3.68. The summed E-state index contributed by atoms with van der Waals surface area (Å²) in [7, 11) is 0. The van der Waals surface area contributed by atoms with Gasteiger partial charge in [-0.3, -0.25) is 14.8 Å². The fourth-order valence-electron chi connectivity index (χ4n) is 2.52. The molecule has 6 heteroatoms. The predicted octanol–water partition coefficient (Wildman–Crippen LogP) is 1.29. The Labute approximate surface area is 135 Å². The van der Waals surface area contributed by atoms with Crippen LogP contribution in [0.4, 0.5) is 5.69 Å². The number of nitrogens with zero attached hydrogens (tertiary/aromatic N) is 3. The molecule has 1 saturated heterocycles. The second-order valence-corrected chi connectivity index (χ2v) is 5.37. The van der Waals surface area contributed by atoms with E-state index in [2.05, 4.69) is 20.2 Å². The molecule has 0 aliphatic carbocycles. The third kappa shape index (κ3) is 4.26. The van der Waals surface area contributed by atoms with Crippen molar-refractivity contribution in [2.75, 3.05) is 37.7 Å². The lowest BCUT2D eigenvalue weighted by atomic mass is 10.2. The summed E-state index contributed by atoms with van der Waals surface area (Å²) in [6.07, 6.45) is 5.98. The number of rotatable bonds is 5. The molecular weight excluding hydrogens is 292 g/mol. The first-order valence-corrected chi connectivity index (χ1v) is 7.79. The lowest BCUT2D eigenvalue weighted by Crippen LogP contribution is -2.36. The zero-order valence-electron chi connectivity index (χ0n) is 12.9. The van der Waals surface area contributed by atoms with Gasteiger partial charge in [-0.25, -0.2) is 0 Å². The van der Waals surface area contributed by atoms with Crippen molar-refractivity contribution in [2.45, 2.75) is 6.42 Å². The third-order valence-electron chi connectivity index (χ3n) is 3.77. The van der Waals surface area contributed by atoms with Gasteiger partial charge in [-0.1, -0.05) is 6.07 Å². The van der Waals surface area contributed by atoms with E-state index < -0.39 is 0 Å². The van der Waals surface area contributed by atoms with Crippen LogP contribution in [0, 0.1) is 0 Å². The zero-order valence-corrected chi connectivity index (χ0v) is 12.9. The van der Waals surface area contributed by atoms with E-state index >= 15 is 0 Å². The van der Waals surface area contributed by atoms with Crippen LogP contribution < -0.4 is 10.2 Å². The van der Waals surface area contributed by atoms with Gasteiger partial charge in [-0.2, -0.15) is 0 Å². The second-order valence-electron chi connectivity index (χ2n) is 5.37. The van der Waals surface area contributed by atoms with Gasteiger partial charge in [0, 0.05) is 43.9 Å². The Morgan fingerprint density at radius 3 is 2.91 bits per heavy atom. The van der Waals surface area contributed by atoms with E-state index in [4.69, 9.17) is 4.74 Å². The van der Waals surface area contributed by atoms with Gasteiger partial charge >= 0.3 is 0 Å². The number of anilines is 1. The predicted molar refractivity (Wildman–Crippen MR) is 87.5 cm³/mol. The van der Waals surface area contributed by atoms with Gasteiger partial charge < -0.3 is 15.0 Å². The van der Waals surface area contributed by atoms with Crippen LogP contribution in [-0.4, -0.2) is 48.7 Å². The van der Waals surface area contributed by atoms with Crippen molar-refractivity contribution >= 4 is 11.6 Å². The Morgan fingerprint density at radius 1 is 1.26 bits per heavy atom. The first-order valence-electron chi connectivity index (χ1n) is 7.79. The highest BCUT2D eigenvalue weighted by Crippen LogP contribution is 2.16. The van der Waals surface area contributed by atoms with E-state index in [0.717, 1.165) is 44.0 Å². The van der Waals surface area contributed by atoms with E-state index in [-0.39, 0.29) is 5.91 Å². The average Bonchev–Trinajstić information content (AvgIpc) is 2.63. The maximum atomic E-state index is 12.2. The number of amides is 1. The van der Waals surface area contributed by atoms with Crippen molar-refractivity contribution in [3.8, 4) is 0 Å². The van der Waals surface area contributed by atoms with Gasteiger partial charge in [0.15, 0.2) is 0 Å². The monoisotopic (exact) mass is 312 g/mol. The molecule has 0 unspecified atom stereocenters. The topological polar surface area (TPSA) is 67.4 Å². The molecule has 3 rings (SSSR count). The molecule has 0 spiro atoms. The zero-order chi connectivity index (χ0) is 15.9. The summed E-state index contributed by atoms with van der Waals surface area (Å²) in [5.74, 6) is -0.149. The number of morpholine rings is 1. The molecule has 1 amide bonds. The van der Waals surface area contributed by atoms with Crippen LogP contribution in [0.2, 0.25) is 0 Å². The molecule has 1 aliphatic rings. The Bertz CT molecular complexity index is 642. The molecule has 1 N–H and O–H groups in total. The normalized spacial score (nSPS) is 14.5. The van der Waals surface area contributed by atoms with Crippen molar-refractivity contribution in [1.29, 1.82) is 0 Å². The molecule has 2 aromatic rings. The van der Waals surface area contributed by atoms with E-state index in [1.54, 1.807) is 12.4 Å². The summed E-state index contributed by atoms with van der Waals surface area (Å²) in [4.78, 5) is 22.7. The van der Waals surface area contributed by atoms with Gasteiger partial charge in [-0.15, -0.1) is 0 Å². The fourth-order valence-corrected chi connectivity index (χ4v) is 2.52. The van der Waals surface area contributed by atoms with Gasteiger partial charge in [-0.05, 0) is 30.2 Å². The Balaban J connectivity index is 1.56. The van der Waals surface area contributed by atoms with Crippen molar-refractivity contribution in [2.24, 2.45) is 0 Å². The molecule has 120 valence electrons. The summed E-state index contributed by atoms with van der Waals surface area (Å²) in [5, 5.41) is 2.91. The number of nitrogens with one attached hydrogen (secondary N) is 1. The average molecular weight is 312 g/mol. The van der Waals surface area contributed by atoms with Gasteiger partial charge in [0.05, 0.1) is 13.2 Å². The summed E-state index contributed by atoms with van der Waals surface area (Å²) in [5.41, 5.74) is 2.56. The third-order valence-corrected chi connectivity index (χ3v) is 3.77. The fraction of sp³-hybridized carbons (Fsp3) is 0.353. The number of carbonyl (C=O) groups excluding carboxylic acids is 1. The molecular formula is C17H20N4O2. The number of hydrogen-bond acceptors (Lipinski definition) is 5. The molecule has 3 heterocycles. The number of ether oxygens (including phenoxy) is 1. The van der Waals surface area contributed by atoms with E-state index in [0.29, 0.717) is 12.2 Å². The maximum Gasteiger partial charge on any atom is 0.269 e. The quantitative estimate of drug-likeness (QED) is 0.901. The van der Waals surface area contributed by atoms with Crippen LogP contribution in [0.5, 0.6) is 0 Å². The highest BCUT2D eigenvalue weighted by molar-refractivity contribution is 5.93. The van der Waals surface area contributed by atoms with Gasteiger partial charge in [0.2, 0.25) is 0 Å². The number of pyridine rings is 2. The summed E-state index contributed by atoms with van der Waals surface area (Å²) in [6, 6.07) is 7.66. The van der Waals surface area contributed by atoms with Crippen LogP contribution in [0.15, 0.2) is 42.9 Å². The van der Waals surface area contributed by atoms with E-state index in [9.17, 15) is 4.79 Å². The second kappa shape index (κ2) is 7.69. The number of aromatic nitrogens is 2. The smallest absolute Gasteiger partial charge is 0.269 e. The molecule has 1 fully saturated rings. The van der Waals surface area contributed by atoms with Crippen LogP contribution in [-0.2, 0) is 11.2 Å². The minimum atomic E-state index is -0.149. The molecule has 23 heavy (non-hydrogen) atoms. The number of carbonyl (C=O) groups is 1. The SMILES string of the molecule is O=C(NCCc1cccnc1)c1cc(N2CCOCC2)ccn1. The van der Waals surface area contributed by atoms with Crippen LogP contribution in [0.3, 0.4) is 0 Å². The maximum absolute atomic E-state index is 12.2. The Morgan fingerprint density at radius 2 is 2.13 bits per heavy atom. The minimum absolute atomic E-state index is 0.149. The summed E-state index contributed by atoms with van der Waals surface area (Å²) >= 11 is 0. The van der Waals surface area contributed by atoms with Gasteiger partial charge in [0.1, 0.15) is 5.69 Å². The van der Waals surface area contributed by atoms with E-state index in [1.165, 1.54) is 0 Å². The first-order chi connectivity index (χ1) is 11.3. The highest BCUT2D eigenvalue weighted by atomic mass is 16.5. The van der Waals surface area contributed by atoms with E-state index in [1.807, 2.05) is 30.5 Å². The molecule has 0 radical (unpaired) electrons. The van der Waals surface area contributed by atoms with Crippen molar-refractivity contribution in [1.82, 2.24) is 15.3 Å².